The van der Waals surface area contributed by atoms with Gasteiger partial charge in [-0.05, 0) is 30.2 Å². The van der Waals surface area contributed by atoms with Crippen LogP contribution in [0.4, 0.5) is 0 Å². The maximum atomic E-state index is 12.6. The van der Waals surface area contributed by atoms with E-state index in [1.807, 2.05) is 73.7 Å². The predicted molar refractivity (Wildman–Crippen MR) is 106 cm³/mol. The quantitative estimate of drug-likeness (QED) is 0.683. The maximum Gasteiger partial charge on any atom is 0.258 e. The molecule has 1 amide bonds. The fraction of sp³-hybridized carbons (Fsp3) is 0.174. The van der Waals surface area contributed by atoms with Gasteiger partial charge < -0.3 is 14.8 Å². The Kier molecular flexibility index (Phi) is 6.10. The van der Waals surface area contributed by atoms with Gasteiger partial charge in [0.25, 0.3) is 5.91 Å². The number of benzene rings is 3. The molecule has 1 N–H and O–H groups in total. The van der Waals surface area contributed by atoms with Gasteiger partial charge in [0.15, 0.2) is 18.1 Å². The lowest BCUT2D eigenvalue weighted by Gasteiger charge is -2.20. The highest BCUT2D eigenvalue weighted by Gasteiger charge is 2.17. The standard InChI is InChI=1S/C23H23NO3/c1-17-12-14-19(15-13-17)23(18-8-4-3-5-9-18)24-22(25)16-27-21-11-7-6-10-20(21)26-2/h3-15,23H,16H2,1-2H3,(H,24,25). The Morgan fingerprint density at radius 1 is 0.852 bits per heavy atom. The lowest BCUT2D eigenvalue weighted by Crippen LogP contribution is -2.33. The van der Waals surface area contributed by atoms with Crippen molar-refractivity contribution in [1.82, 2.24) is 5.32 Å². The van der Waals surface area contributed by atoms with Crippen LogP contribution in [0.5, 0.6) is 11.5 Å². The summed E-state index contributed by atoms with van der Waals surface area (Å²) in [5, 5.41) is 3.07. The van der Waals surface area contributed by atoms with Crippen LogP contribution in [0.1, 0.15) is 22.7 Å². The van der Waals surface area contributed by atoms with Crippen molar-refractivity contribution in [3.8, 4) is 11.5 Å². The molecular weight excluding hydrogens is 338 g/mol. The highest BCUT2D eigenvalue weighted by molar-refractivity contribution is 5.78. The van der Waals surface area contributed by atoms with Gasteiger partial charge in [-0.1, -0.05) is 72.3 Å². The summed E-state index contributed by atoms with van der Waals surface area (Å²) in [7, 11) is 1.57. The summed E-state index contributed by atoms with van der Waals surface area (Å²) in [6.07, 6.45) is 0. The average Bonchev–Trinajstić information content (AvgIpc) is 2.72. The molecular formula is C23H23NO3. The van der Waals surface area contributed by atoms with Gasteiger partial charge in [-0.15, -0.1) is 0 Å². The van der Waals surface area contributed by atoms with E-state index in [4.69, 9.17) is 9.47 Å². The van der Waals surface area contributed by atoms with Gasteiger partial charge >= 0.3 is 0 Å². The van der Waals surface area contributed by atoms with Crippen molar-refractivity contribution in [3.63, 3.8) is 0 Å². The van der Waals surface area contributed by atoms with Crippen LogP contribution in [0.3, 0.4) is 0 Å². The van der Waals surface area contributed by atoms with Gasteiger partial charge in [-0.3, -0.25) is 4.79 Å². The van der Waals surface area contributed by atoms with Gasteiger partial charge in [0.2, 0.25) is 0 Å². The first-order chi connectivity index (χ1) is 13.2. The first-order valence-electron chi connectivity index (χ1n) is 8.84. The molecule has 0 bridgehead atoms. The van der Waals surface area contributed by atoms with Crippen LogP contribution >= 0.6 is 0 Å². The molecule has 0 saturated carbocycles. The summed E-state index contributed by atoms with van der Waals surface area (Å²) in [5.41, 5.74) is 3.22. The van der Waals surface area contributed by atoms with Gasteiger partial charge in [-0.2, -0.15) is 0 Å². The highest BCUT2D eigenvalue weighted by atomic mass is 16.5. The van der Waals surface area contributed by atoms with Crippen molar-refractivity contribution < 1.29 is 14.3 Å². The van der Waals surface area contributed by atoms with Crippen LogP contribution in [0.15, 0.2) is 78.9 Å². The van der Waals surface area contributed by atoms with Gasteiger partial charge in [0.1, 0.15) is 0 Å². The molecule has 0 aromatic heterocycles. The third kappa shape index (κ3) is 4.88. The third-order valence-corrected chi connectivity index (χ3v) is 4.28. The monoisotopic (exact) mass is 361 g/mol. The Labute approximate surface area is 159 Å². The number of para-hydroxylation sites is 2. The van der Waals surface area contributed by atoms with Crippen molar-refractivity contribution in [2.75, 3.05) is 13.7 Å². The zero-order valence-corrected chi connectivity index (χ0v) is 15.5. The summed E-state index contributed by atoms with van der Waals surface area (Å²) in [4.78, 5) is 12.6. The normalized spacial score (nSPS) is 11.5. The Balaban J connectivity index is 1.74. The molecule has 3 rings (SSSR count). The number of hydrogen-bond acceptors (Lipinski definition) is 3. The molecule has 138 valence electrons. The van der Waals surface area contributed by atoms with Crippen LogP contribution < -0.4 is 14.8 Å². The molecule has 0 fully saturated rings. The van der Waals surface area contributed by atoms with Crippen molar-refractivity contribution in [3.05, 3.63) is 95.6 Å². The summed E-state index contributed by atoms with van der Waals surface area (Å²) in [5.74, 6) is 0.945. The van der Waals surface area contributed by atoms with E-state index in [1.54, 1.807) is 19.2 Å². The van der Waals surface area contributed by atoms with Crippen LogP contribution in [0.25, 0.3) is 0 Å². The number of methoxy groups -OCH3 is 1. The molecule has 27 heavy (non-hydrogen) atoms. The molecule has 0 aliphatic rings. The summed E-state index contributed by atoms with van der Waals surface area (Å²) < 4.78 is 10.9. The van der Waals surface area contributed by atoms with Crippen molar-refractivity contribution >= 4 is 5.91 Å². The minimum atomic E-state index is -0.236. The Bertz CT molecular complexity index is 876. The SMILES string of the molecule is COc1ccccc1OCC(=O)NC(c1ccccc1)c1ccc(C)cc1. The minimum absolute atomic E-state index is 0.0877. The summed E-state index contributed by atoms with van der Waals surface area (Å²) >= 11 is 0. The number of carbonyl (C=O) groups is 1. The molecule has 0 aliphatic carbocycles. The zero-order valence-electron chi connectivity index (χ0n) is 15.5. The van der Waals surface area contributed by atoms with E-state index in [0.717, 1.165) is 11.1 Å². The van der Waals surface area contributed by atoms with Crippen molar-refractivity contribution in [2.24, 2.45) is 0 Å². The fourth-order valence-corrected chi connectivity index (χ4v) is 2.85. The predicted octanol–water partition coefficient (Wildman–Crippen LogP) is 4.29. The fourth-order valence-electron chi connectivity index (χ4n) is 2.85. The van der Waals surface area contributed by atoms with Crippen LogP contribution in [-0.4, -0.2) is 19.6 Å². The number of amides is 1. The van der Waals surface area contributed by atoms with Crippen LogP contribution in [0.2, 0.25) is 0 Å². The molecule has 0 heterocycles. The number of rotatable bonds is 7. The van der Waals surface area contributed by atoms with Gasteiger partial charge in [0, 0.05) is 0 Å². The van der Waals surface area contributed by atoms with Gasteiger partial charge in [0.05, 0.1) is 13.2 Å². The lowest BCUT2D eigenvalue weighted by atomic mass is 9.98. The number of nitrogens with one attached hydrogen (secondary N) is 1. The Morgan fingerprint density at radius 3 is 2.11 bits per heavy atom. The van der Waals surface area contributed by atoms with E-state index >= 15 is 0 Å². The molecule has 0 saturated heterocycles. The second-order valence-corrected chi connectivity index (χ2v) is 6.26. The average molecular weight is 361 g/mol. The molecule has 0 spiro atoms. The number of hydrogen-bond donors (Lipinski definition) is 1. The van der Waals surface area contributed by atoms with Crippen LogP contribution in [0, 0.1) is 6.92 Å². The topological polar surface area (TPSA) is 47.6 Å². The summed E-state index contributed by atoms with van der Waals surface area (Å²) in [6.45, 7) is 1.95. The second-order valence-electron chi connectivity index (χ2n) is 6.26. The molecule has 3 aromatic rings. The molecule has 0 radical (unpaired) electrons. The number of carbonyl (C=O) groups excluding carboxylic acids is 1. The van der Waals surface area contributed by atoms with E-state index in [9.17, 15) is 4.79 Å². The first kappa shape index (κ1) is 18.5. The highest BCUT2D eigenvalue weighted by Crippen LogP contribution is 2.26. The lowest BCUT2D eigenvalue weighted by molar-refractivity contribution is -0.123. The van der Waals surface area contributed by atoms with E-state index in [2.05, 4.69) is 5.32 Å². The van der Waals surface area contributed by atoms with E-state index in [0.29, 0.717) is 11.5 Å². The largest absolute Gasteiger partial charge is 0.493 e. The van der Waals surface area contributed by atoms with E-state index in [-0.39, 0.29) is 18.6 Å². The molecule has 3 aromatic carbocycles. The number of aryl methyl sites for hydroxylation is 1. The minimum Gasteiger partial charge on any atom is -0.493 e. The van der Waals surface area contributed by atoms with E-state index < -0.39 is 0 Å². The number of ether oxygens (including phenoxy) is 2. The van der Waals surface area contributed by atoms with E-state index in [1.165, 1.54) is 5.56 Å². The molecule has 1 atom stereocenters. The molecule has 0 aliphatic heterocycles. The molecule has 4 heteroatoms. The molecule has 4 nitrogen and oxygen atoms in total. The zero-order chi connectivity index (χ0) is 19.1. The Hall–Kier alpha value is -3.27. The Morgan fingerprint density at radius 2 is 1.44 bits per heavy atom. The maximum absolute atomic E-state index is 12.6. The smallest absolute Gasteiger partial charge is 0.258 e. The third-order valence-electron chi connectivity index (χ3n) is 4.28. The summed E-state index contributed by atoms with van der Waals surface area (Å²) in [6, 6.07) is 25.1. The second kappa shape index (κ2) is 8.90. The van der Waals surface area contributed by atoms with Crippen molar-refractivity contribution in [1.29, 1.82) is 0 Å². The van der Waals surface area contributed by atoms with Crippen LogP contribution in [-0.2, 0) is 4.79 Å². The van der Waals surface area contributed by atoms with Crippen molar-refractivity contribution in [2.45, 2.75) is 13.0 Å². The van der Waals surface area contributed by atoms with Gasteiger partial charge in [-0.25, -0.2) is 0 Å². The first-order valence-corrected chi connectivity index (χ1v) is 8.84. The molecule has 1 unspecified atom stereocenters.